The zero-order valence-corrected chi connectivity index (χ0v) is 9.15. The molecule has 78 valence electrons. The Kier molecular flexibility index (Phi) is 2.32. The number of halogens is 1. The van der Waals surface area contributed by atoms with E-state index in [0.717, 1.165) is 11.4 Å². The topological polar surface area (TPSA) is 69.6 Å². The van der Waals surface area contributed by atoms with Crippen molar-refractivity contribution in [3.05, 3.63) is 28.7 Å². The second-order valence-corrected chi connectivity index (χ2v) is 3.65. The third-order valence-electron chi connectivity index (χ3n) is 1.92. The van der Waals surface area contributed by atoms with Crippen molar-refractivity contribution in [3.63, 3.8) is 0 Å². The van der Waals surface area contributed by atoms with Crippen LogP contribution in [0.3, 0.4) is 0 Å². The van der Waals surface area contributed by atoms with Gasteiger partial charge in [0.1, 0.15) is 10.8 Å². The number of hydrogen-bond acceptors (Lipinski definition) is 4. The van der Waals surface area contributed by atoms with Gasteiger partial charge in [-0.25, -0.2) is 9.97 Å². The summed E-state index contributed by atoms with van der Waals surface area (Å²) in [5.41, 5.74) is 7.45. The maximum absolute atomic E-state index is 5.79. The highest BCUT2D eigenvalue weighted by molar-refractivity contribution is 6.32. The predicted octanol–water partition coefficient (Wildman–Crippen LogP) is 1.51. The summed E-state index contributed by atoms with van der Waals surface area (Å²) < 4.78 is 1.42. The zero-order valence-electron chi connectivity index (χ0n) is 8.40. The molecule has 0 aliphatic carbocycles. The van der Waals surface area contributed by atoms with Gasteiger partial charge in [-0.1, -0.05) is 11.6 Å². The molecule has 0 unspecified atom stereocenters. The Morgan fingerprint density at radius 1 is 1.27 bits per heavy atom. The summed E-state index contributed by atoms with van der Waals surface area (Å²) in [6.45, 7) is 3.78. The number of nitrogens with zero attached hydrogens (tertiary/aromatic N) is 4. The van der Waals surface area contributed by atoms with Crippen LogP contribution in [0.4, 0.5) is 5.82 Å². The van der Waals surface area contributed by atoms with Crippen LogP contribution in [-0.2, 0) is 0 Å². The van der Waals surface area contributed by atoms with E-state index in [9.17, 15) is 0 Å². The lowest BCUT2D eigenvalue weighted by molar-refractivity contribution is 0.802. The molecular weight excluding hydrogens is 214 g/mol. The number of nitrogens with two attached hydrogens (primary N) is 1. The van der Waals surface area contributed by atoms with Crippen molar-refractivity contribution in [1.82, 2.24) is 19.7 Å². The maximum atomic E-state index is 5.79. The molecule has 2 N–H and O–H groups in total. The summed E-state index contributed by atoms with van der Waals surface area (Å²) in [5, 5.41) is 4.40. The van der Waals surface area contributed by atoms with Crippen molar-refractivity contribution < 1.29 is 0 Å². The average molecular weight is 224 g/mol. The molecular formula is C9H10ClN5. The number of anilines is 1. The molecule has 2 heterocycles. The van der Waals surface area contributed by atoms with Gasteiger partial charge in [-0.15, -0.1) is 0 Å². The highest BCUT2D eigenvalue weighted by atomic mass is 35.5. The summed E-state index contributed by atoms with van der Waals surface area (Å²) in [6.07, 6.45) is 1.47. The van der Waals surface area contributed by atoms with E-state index in [1.54, 1.807) is 0 Å². The number of nitrogen functional groups attached to an aromatic ring is 1. The van der Waals surface area contributed by atoms with Gasteiger partial charge < -0.3 is 5.73 Å². The molecule has 0 radical (unpaired) electrons. The third kappa shape index (κ3) is 1.78. The van der Waals surface area contributed by atoms with E-state index in [-0.39, 0.29) is 0 Å². The Bertz CT molecular complexity index is 485. The molecule has 2 rings (SSSR count). The van der Waals surface area contributed by atoms with E-state index < -0.39 is 0 Å². The lowest BCUT2D eigenvalue weighted by Crippen LogP contribution is -2.08. The zero-order chi connectivity index (χ0) is 11.0. The normalized spacial score (nSPS) is 10.6. The molecule has 0 bridgehead atoms. The van der Waals surface area contributed by atoms with Crippen molar-refractivity contribution >= 4 is 17.4 Å². The summed E-state index contributed by atoms with van der Waals surface area (Å²) >= 11 is 5.79. The number of hydrogen-bond donors (Lipinski definition) is 1. The number of aryl methyl sites for hydroxylation is 2. The summed E-state index contributed by atoms with van der Waals surface area (Å²) in [6, 6.07) is 1.88. The summed E-state index contributed by atoms with van der Waals surface area (Å²) in [7, 11) is 0. The van der Waals surface area contributed by atoms with Crippen LogP contribution in [-0.4, -0.2) is 19.7 Å². The van der Waals surface area contributed by atoms with Crippen molar-refractivity contribution in [3.8, 4) is 5.95 Å². The van der Waals surface area contributed by atoms with Gasteiger partial charge in [-0.05, 0) is 19.9 Å². The van der Waals surface area contributed by atoms with E-state index in [4.69, 9.17) is 17.3 Å². The molecule has 0 amide bonds. The van der Waals surface area contributed by atoms with E-state index in [0.29, 0.717) is 16.8 Å². The molecule has 0 fully saturated rings. The Labute approximate surface area is 91.9 Å². The number of rotatable bonds is 1. The first-order chi connectivity index (χ1) is 7.08. The molecule has 5 nitrogen and oxygen atoms in total. The van der Waals surface area contributed by atoms with Crippen LogP contribution >= 0.6 is 11.6 Å². The molecule has 6 heteroatoms. The fourth-order valence-corrected chi connectivity index (χ4v) is 1.42. The second-order valence-electron chi connectivity index (χ2n) is 3.24. The van der Waals surface area contributed by atoms with E-state index >= 15 is 0 Å². The molecule has 0 aliphatic heterocycles. The molecule has 0 spiro atoms. The first-order valence-electron chi connectivity index (χ1n) is 4.39. The molecule has 15 heavy (non-hydrogen) atoms. The van der Waals surface area contributed by atoms with Crippen LogP contribution in [0.1, 0.15) is 11.4 Å². The molecule has 0 atom stereocenters. The first-order valence-corrected chi connectivity index (χ1v) is 4.77. The van der Waals surface area contributed by atoms with Gasteiger partial charge in [0, 0.05) is 11.4 Å². The van der Waals surface area contributed by atoms with Crippen LogP contribution in [0, 0.1) is 13.8 Å². The van der Waals surface area contributed by atoms with Crippen LogP contribution in [0.5, 0.6) is 0 Å². The van der Waals surface area contributed by atoms with Crippen LogP contribution < -0.4 is 5.73 Å². The first kappa shape index (κ1) is 9.92. The van der Waals surface area contributed by atoms with Gasteiger partial charge >= 0.3 is 0 Å². The monoisotopic (exact) mass is 223 g/mol. The lowest BCUT2D eigenvalue weighted by atomic mass is 10.4. The maximum Gasteiger partial charge on any atom is 0.252 e. The Hall–Kier alpha value is -1.62. The standard InChI is InChI=1S/C9H10ClN5/c1-5-3-6(2)14-9(13-5)15-8(11)7(10)4-12-15/h3-4H,11H2,1-2H3. The van der Waals surface area contributed by atoms with Crippen LogP contribution in [0.15, 0.2) is 12.3 Å². The minimum absolute atomic E-state index is 0.349. The van der Waals surface area contributed by atoms with E-state index in [1.165, 1.54) is 10.9 Å². The number of aromatic nitrogens is 4. The Balaban J connectivity index is 2.58. The molecule has 0 aromatic carbocycles. The van der Waals surface area contributed by atoms with Crippen LogP contribution in [0.2, 0.25) is 5.02 Å². The highest BCUT2D eigenvalue weighted by Gasteiger charge is 2.09. The molecule has 2 aromatic heterocycles. The van der Waals surface area contributed by atoms with Crippen molar-refractivity contribution in [2.75, 3.05) is 5.73 Å². The second kappa shape index (κ2) is 3.51. The van der Waals surface area contributed by atoms with Crippen molar-refractivity contribution in [2.24, 2.45) is 0 Å². The minimum atomic E-state index is 0.349. The van der Waals surface area contributed by atoms with Crippen LogP contribution in [0.25, 0.3) is 5.95 Å². The van der Waals surface area contributed by atoms with Gasteiger partial charge in [0.2, 0.25) is 0 Å². The smallest absolute Gasteiger partial charge is 0.252 e. The predicted molar refractivity (Wildman–Crippen MR) is 58.1 cm³/mol. The molecule has 0 saturated carbocycles. The fraction of sp³-hybridized carbons (Fsp3) is 0.222. The largest absolute Gasteiger partial charge is 0.382 e. The summed E-state index contributed by atoms with van der Waals surface area (Å²) in [4.78, 5) is 8.46. The fourth-order valence-electron chi connectivity index (χ4n) is 1.30. The van der Waals surface area contributed by atoms with E-state index in [2.05, 4.69) is 15.1 Å². The van der Waals surface area contributed by atoms with Gasteiger partial charge in [-0.3, -0.25) is 0 Å². The summed E-state index contributed by atoms with van der Waals surface area (Å²) in [5.74, 6) is 0.790. The molecule has 0 aliphatic rings. The minimum Gasteiger partial charge on any atom is -0.382 e. The Morgan fingerprint density at radius 2 is 1.87 bits per heavy atom. The average Bonchev–Trinajstić information content (AvgIpc) is 2.46. The highest BCUT2D eigenvalue weighted by Crippen LogP contribution is 2.19. The molecule has 2 aromatic rings. The quantitative estimate of drug-likeness (QED) is 0.796. The van der Waals surface area contributed by atoms with Gasteiger partial charge in [0.05, 0.1) is 6.20 Å². The third-order valence-corrected chi connectivity index (χ3v) is 2.21. The molecule has 0 saturated heterocycles. The van der Waals surface area contributed by atoms with E-state index in [1.807, 2.05) is 19.9 Å². The van der Waals surface area contributed by atoms with Gasteiger partial charge in [0.25, 0.3) is 5.95 Å². The van der Waals surface area contributed by atoms with Gasteiger partial charge in [-0.2, -0.15) is 9.78 Å². The SMILES string of the molecule is Cc1cc(C)nc(-n2ncc(Cl)c2N)n1. The lowest BCUT2D eigenvalue weighted by Gasteiger charge is -2.04. The van der Waals surface area contributed by atoms with Crippen molar-refractivity contribution in [1.29, 1.82) is 0 Å². The van der Waals surface area contributed by atoms with Gasteiger partial charge in [0.15, 0.2) is 0 Å². The van der Waals surface area contributed by atoms with Crippen molar-refractivity contribution in [2.45, 2.75) is 13.8 Å². The Morgan fingerprint density at radius 3 is 2.33 bits per heavy atom.